The fourth-order valence-corrected chi connectivity index (χ4v) is 3.39. The minimum atomic E-state index is -0.442. The second kappa shape index (κ2) is 8.44. The van der Waals surface area contributed by atoms with Gasteiger partial charge in [0, 0.05) is 10.9 Å². The Morgan fingerprint density at radius 1 is 1.24 bits per heavy atom. The van der Waals surface area contributed by atoms with Crippen molar-refractivity contribution in [3.05, 3.63) is 29.8 Å². The average molecular weight is 307 g/mol. The highest BCUT2D eigenvalue weighted by molar-refractivity contribution is 8.00. The number of hydrogen-bond donors (Lipinski definition) is 2. The van der Waals surface area contributed by atoms with Crippen LogP contribution in [-0.4, -0.2) is 22.8 Å². The summed E-state index contributed by atoms with van der Waals surface area (Å²) in [4.78, 5) is 13.1. The third-order valence-electron chi connectivity index (χ3n) is 3.95. The predicted octanol–water partition coefficient (Wildman–Crippen LogP) is 3.67. The second-order valence-electron chi connectivity index (χ2n) is 5.79. The molecular weight excluding hydrogens is 282 g/mol. The van der Waals surface area contributed by atoms with Crippen molar-refractivity contribution in [3.8, 4) is 0 Å². The van der Waals surface area contributed by atoms with Crippen LogP contribution in [0.1, 0.15) is 57.1 Å². The molecule has 0 heterocycles. The van der Waals surface area contributed by atoms with Crippen LogP contribution in [0.25, 0.3) is 0 Å². The maximum absolute atomic E-state index is 12.0. The summed E-state index contributed by atoms with van der Waals surface area (Å²) in [6.07, 6.45) is 6.88. The van der Waals surface area contributed by atoms with Gasteiger partial charge in [0.25, 0.3) is 0 Å². The highest BCUT2D eigenvalue weighted by Gasteiger charge is 2.14. The van der Waals surface area contributed by atoms with Crippen LogP contribution in [0.3, 0.4) is 0 Å². The summed E-state index contributed by atoms with van der Waals surface area (Å²) in [5.74, 6) is 0.594. The van der Waals surface area contributed by atoms with E-state index in [4.69, 9.17) is 0 Å². The normalized spacial score (nSPS) is 18.0. The first kappa shape index (κ1) is 16.4. The summed E-state index contributed by atoms with van der Waals surface area (Å²) >= 11 is 1.55. The number of aliphatic hydroxyl groups is 1. The van der Waals surface area contributed by atoms with Crippen LogP contribution in [-0.2, 0) is 4.79 Å². The third-order valence-corrected chi connectivity index (χ3v) is 4.96. The lowest BCUT2D eigenvalue weighted by molar-refractivity contribution is -0.119. The van der Waals surface area contributed by atoms with E-state index in [2.05, 4.69) is 5.32 Å². The van der Waals surface area contributed by atoms with Gasteiger partial charge < -0.3 is 10.4 Å². The number of nitrogens with one attached hydrogen (secondary N) is 1. The zero-order valence-electron chi connectivity index (χ0n) is 12.7. The molecule has 0 aromatic heterocycles. The fraction of sp³-hybridized carbons (Fsp3) is 0.588. The van der Waals surface area contributed by atoms with Gasteiger partial charge in [-0.05, 0) is 37.5 Å². The highest BCUT2D eigenvalue weighted by atomic mass is 32.2. The van der Waals surface area contributed by atoms with Crippen molar-refractivity contribution >= 4 is 17.7 Å². The van der Waals surface area contributed by atoms with Gasteiger partial charge in [-0.15, -0.1) is 11.8 Å². The molecule has 1 atom stereocenters. The third kappa shape index (κ3) is 5.71. The summed E-state index contributed by atoms with van der Waals surface area (Å²) in [5.41, 5.74) is 0.905. The van der Waals surface area contributed by atoms with Gasteiger partial charge in [-0.2, -0.15) is 0 Å². The summed E-state index contributed by atoms with van der Waals surface area (Å²) < 4.78 is 0. The molecule has 0 aliphatic heterocycles. The van der Waals surface area contributed by atoms with Crippen LogP contribution < -0.4 is 5.32 Å². The first-order valence-corrected chi connectivity index (χ1v) is 8.84. The number of rotatable bonds is 5. The van der Waals surface area contributed by atoms with E-state index in [1.807, 2.05) is 24.3 Å². The Bertz CT molecular complexity index is 437. The Morgan fingerprint density at radius 2 is 1.86 bits per heavy atom. The molecule has 0 radical (unpaired) electrons. The van der Waals surface area contributed by atoms with Crippen LogP contribution in [0.5, 0.6) is 0 Å². The lowest BCUT2D eigenvalue weighted by atomic mass is 10.1. The van der Waals surface area contributed by atoms with Crippen molar-refractivity contribution < 1.29 is 9.90 Å². The Labute approximate surface area is 131 Å². The van der Waals surface area contributed by atoms with Crippen LogP contribution in [0, 0.1) is 0 Å². The topological polar surface area (TPSA) is 49.3 Å². The molecule has 1 fully saturated rings. The molecule has 0 saturated heterocycles. The minimum Gasteiger partial charge on any atom is -0.389 e. The highest BCUT2D eigenvalue weighted by Crippen LogP contribution is 2.21. The van der Waals surface area contributed by atoms with E-state index in [9.17, 15) is 9.90 Å². The van der Waals surface area contributed by atoms with E-state index in [1.165, 1.54) is 25.7 Å². The predicted molar refractivity (Wildman–Crippen MR) is 87.4 cm³/mol. The Kier molecular flexibility index (Phi) is 6.58. The number of hydrogen-bond acceptors (Lipinski definition) is 3. The largest absolute Gasteiger partial charge is 0.389 e. The molecule has 116 valence electrons. The Hall–Kier alpha value is -1.00. The number of thioether (sulfide) groups is 1. The molecule has 2 rings (SSSR count). The fourth-order valence-electron chi connectivity index (χ4n) is 2.68. The van der Waals surface area contributed by atoms with Gasteiger partial charge in [0.2, 0.25) is 5.91 Å². The maximum atomic E-state index is 12.0. The van der Waals surface area contributed by atoms with E-state index in [0.717, 1.165) is 23.3 Å². The Balaban J connectivity index is 1.75. The van der Waals surface area contributed by atoms with Gasteiger partial charge in [0.15, 0.2) is 0 Å². The van der Waals surface area contributed by atoms with Crippen molar-refractivity contribution in [2.75, 3.05) is 5.75 Å². The van der Waals surface area contributed by atoms with Gasteiger partial charge in [-0.3, -0.25) is 4.79 Å². The minimum absolute atomic E-state index is 0.131. The SMILES string of the molecule is CC(O)c1ccc(SCC(=O)NC2CCCCCC2)cc1. The molecule has 21 heavy (non-hydrogen) atoms. The molecule has 0 bridgehead atoms. The molecule has 1 aliphatic carbocycles. The van der Waals surface area contributed by atoms with E-state index < -0.39 is 6.10 Å². The molecule has 1 saturated carbocycles. The second-order valence-corrected chi connectivity index (χ2v) is 6.84. The van der Waals surface area contributed by atoms with Crippen molar-refractivity contribution in [1.82, 2.24) is 5.32 Å². The van der Waals surface area contributed by atoms with Crippen LogP contribution in [0.4, 0.5) is 0 Å². The van der Waals surface area contributed by atoms with Crippen LogP contribution in [0.15, 0.2) is 29.2 Å². The van der Waals surface area contributed by atoms with E-state index in [-0.39, 0.29) is 5.91 Å². The van der Waals surface area contributed by atoms with E-state index >= 15 is 0 Å². The lowest BCUT2D eigenvalue weighted by Crippen LogP contribution is -2.35. The number of benzene rings is 1. The number of carbonyl (C=O) groups excluding carboxylic acids is 1. The first-order valence-electron chi connectivity index (χ1n) is 7.85. The monoisotopic (exact) mass is 307 g/mol. The van der Waals surface area contributed by atoms with Gasteiger partial charge in [-0.1, -0.05) is 37.8 Å². The number of amides is 1. The zero-order valence-corrected chi connectivity index (χ0v) is 13.5. The molecule has 4 heteroatoms. The Morgan fingerprint density at radius 3 is 2.43 bits per heavy atom. The van der Waals surface area contributed by atoms with Crippen LogP contribution in [0.2, 0.25) is 0 Å². The zero-order chi connectivity index (χ0) is 15.1. The van der Waals surface area contributed by atoms with Crippen LogP contribution >= 0.6 is 11.8 Å². The smallest absolute Gasteiger partial charge is 0.230 e. The quantitative estimate of drug-likeness (QED) is 0.644. The maximum Gasteiger partial charge on any atom is 0.230 e. The van der Waals surface area contributed by atoms with Crippen molar-refractivity contribution in [1.29, 1.82) is 0 Å². The summed E-state index contributed by atoms with van der Waals surface area (Å²) in [6.45, 7) is 1.75. The molecule has 1 unspecified atom stereocenters. The molecule has 1 aromatic rings. The standard InChI is InChI=1S/C17H25NO2S/c1-13(19)14-8-10-16(11-9-14)21-12-17(20)18-15-6-4-2-3-5-7-15/h8-11,13,15,19H,2-7,12H2,1H3,(H,18,20). The van der Waals surface area contributed by atoms with Crippen molar-refractivity contribution in [3.63, 3.8) is 0 Å². The molecule has 2 N–H and O–H groups in total. The van der Waals surface area contributed by atoms with Gasteiger partial charge in [0.05, 0.1) is 11.9 Å². The van der Waals surface area contributed by atoms with Crippen molar-refractivity contribution in [2.24, 2.45) is 0 Å². The first-order chi connectivity index (χ1) is 10.1. The van der Waals surface area contributed by atoms with Crippen molar-refractivity contribution in [2.45, 2.75) is 62.5 Å². The summed E-state index contributed by atoms with van der Waals surface area (Å²) in [5, 5.41) is 12.6. The number of aliphatic hydroxyl groups excluding tert-OH is 1. The number of carbonyl (C=O) groups is 1. The molecule has 1 amide bonds. The molecular formula is C17H25NO2S. The lowest BCUT2D eigenvalue weighted by Gasteiger charge is -2.16. The average Bonchev–Trinajstić information content (AvgIpc) is 2.74. The molecule has 1 aliphatic rings. The van der Waals surface area contributed by atoms with E-state index in [1.54, 1.807) is 18.7 Å². The summed E-state index contributed by atoms with van der Waals surface area (Å²) in [7, 11) is 0. The van der Waals surface area contributed by atoms with E-state index in [0.29, 0.717) is 11.8 Å². The molecule has 3 nitrogen and oxygen atoms in total. The molecule has 0 spiro atoms. The van der Waals surface area contributed by atoms with Gasteiger partial charge in [-0.25, -0.2) is 0 Å². The van der Waals surface area contributed by atoms with Gasteiger partial charge in [0.1, 0.15) is 0 Å². The van der Waals surface area contributed by atoms with Gasteiger partial charge >= 0.3 is 0 Å². The summed E-state index contributed by atoms with van der Waals surface area (Å²) in [6, 6.07) is 8.13. The molecule has 1 aromatic carbocycles.